The number of carbonyl (C=O) groups is 1. The van der Waals surface area contributed by atoms with Crippen molar-refractivity contribution in [3.8, 4) is 5.75 Å². The molecule has 6 nitrogen and oxygen atoms in total. The lowest BCUT2D eigenvalue weighted by molar-refractivity contribution is -0.121. The number of aryl methyl sites for hydroxylation is 1. The second-order valence-corrected chi connectivity index (χ2v) is 3.22. The fourth-order valence-electron chi connectivity index (χ4n) is 1.12. The molecule has 0 fully saturated rings. The first-order valence-electron chi connectivity index (χ1n) is 4.83. The van der Waals surface area contributed by atoms with E-state index in [-0.39, 0.29) is 5.91 Å². The maximum absolute atomic E-state index is 10.8. The maximum Gasteiger partial charge on any atom is 0.233 e. The number of aromatic nitrogens is 2. The van der Waals surface area contributed by atoms with Crippen LogP contribution in [0, 0.1) is 0 Å². The van der Waals surface area contributed by atoms with Crippen LogP contribution in [0.3, 0.4) is 0 Å². The average molecular weight is 212 g/mol. The van der Waals surface area contributed by atoms with Crippen molar-refractivity contribution >= 4 is 5.91 Å². The minimum atomic E-state index is -0.142. The molecule has 0 saturated heterocycles. The number of nitrogens with zero attached hydrogens (tertiary/aromatic N) is 2. The summed E-state index contributed by atoms with van der Waals surface area (Å²) in [6.45, 7) is 0.587. The molecule has 0 aliphatic heterocycles. The smallest absolute Gasteiger partial charge is 0.233 e. The van der Waals surface area contributed by atoms with Crippen LogP contribution in [0.4, 0.5) is 0 Å². The maximum atomic E-state index is 10.8. The van der Waals surface area contributed by atoms with Crippen molar-refractivity contribution in [1.82, 2.24) is 15.2 Å². The van der Waals surface area contributed by atoms with Crippen LogP contribution in [0.2, 0.25) is 0 Å². The van der Waals surface area contributed by atoms with E-state index in [0.29, 0.717) is 13.0 Å². The van der Waals surface area contributed by atoms with E-state index in [0.717, 1.165) is 18.6 Å². The van der Waals surface area contributed by atoms with Gasteiger partial charge in [0.1, 0.15) is 0 Å². The summed E-state index contributed by atoms with van der Waals surface area (Å²) in [4.78, 5) is 10.8. The van der Waals surface area contributed by atoms with Crippen LogP contribution >= 0.6 is 0 Å². The highest BCUT2D eigenvalue weighted by Crippen LogP contribution is 2.07. The van der Waals surface area contributed by atoms with Crippen molar-refractivity contribution in [3.05, 3.63) is 12.4 Å². The predicted octanol–water partition coefficient (Wildman–Crippen LogP) is -0.0409. The van der Waals surface area contributed by atoms with Gasteiger partial charge in [-0.15, -0.1) is 0 Å². The second-order valence-electron chi connectivity index (χ2n) is 3.22. The summed E-state index contributed by atoms with van der Waals surface area (Å²) < 4.78 is 7.07. The number of amides is 1. The molecule has 0 aliphatic rings. The molecule has 0 aromatic carbocycles. The van der Waals surface area contributed by atoms with Gasteiger partial charge in [-0.25, -0.2) is 5.84 Å². The molecule has 0 atom stereocenters. The molecule has 1 amide bonds. The molecule has 0 radical (unpaired) electrons. The van der Waals surface area contributed by atoms with E-state index < -0.39 is 0 Å². The van der Waals surface area contributed by atoms with Gasteiger partial charge in [-0.2, -0.15) is 5.10 Å². The van der Waals surface area contributed by atoms with E-state index >= 15 is 0 Å². The summed E-state index contributed by atoms with van der Waals surface area (Å²) in [5, 5.41) is 3.97. The van der Waals surface area contributed by atoms with E-state index in [1.54, 1.807) is 17.1 Å². The number of rotatable bonds is 6. The highest BCUT2D eigenvalue weighted by molar-refractivity contribution is 5.74. The number of unbranched alkanes of at least 4 members (excludes halogenated alkanes) is 1. The summed E-state index contributed by atoms with van der Waals surface area (Å²) in [6, 6.07) is 0. The van der Waals surface area contributed by atoms with Crippen molar-refractivity contribution in [2.24, 2.45) is 12.9 Å². The van der Waals surface area contributed by atoms with Crippen molar-refractivity contribution in [1.29, 1.82) is 0 Å². The Morgan fingerprint density at radius 1 is 1.67 bits per heavy atom. The first-order valence-corrected chi connectivity index (χ1v) is 4.83. The molecule has 3 N–H and O–H groups in total. The minimum Gasteiger partial charge on any atom is -0.490 e. The molecular weight excluding hydrogens is 196 g/mol. The normalized spacial score (nSPS) is 10.0. The third-order valence-corrected chi connectivity index (χ3v) is 1.91. The highest BCUT2D eigenvalue weighted by atomic mass is 16.5. The van der Waals surface area contributed by atoms with Crippen LogP contribution in [0.1, 0.15) is 19.3 Å². The second kappa shape index (κ2) is 6.02. The first kappa shape index (κ1) is 11.5. The molecule has 84 valence electrons. The molecular formula is C9H16N4O2. The third-order valence-electron chi connectivity index (χ3n) is 1.91. The quantitative estimate of drug-likeness (QED) is 0.300. The van der Waals surface area contributed by atoms with Crippen LogP contribution < -0.4 is 16.0 Å². The van der Waals surface area contributed by atoms with Crippen molar-refractivity contribution in [2.45, 2.75) is 19.3 Å². The van der Waals surface area contributed by atoms with Gasteiger partial charge in [0.05, 0.1) is 19.0 Å². The van der Waals surface area contributed by atoms with Crippen molar-refractivity contribution in [3.63, 3.8) is 0 Å². The Morgan fingerprint density at radius 3 is 3.07 bits per heavy atom. The first-order chi connectivity index (χ1) is 7.22. The van der Waals surface area contributed by atoms with E-state index in [1.807, 2.05) is 7.05 Å². The van der Waals surface area contributed by atoms with Gasteiger partial charge in [0.2, 0.25) is 5.91 Å². The molecule has 1 heterocycles. The largest absolute Gasteiger partial charge is 0.490 e. The molecule has 1 aromatic rings. The van der Waals surface area contributed by atoms with Crippen molar-refractivity contribution < 1.29 is 9.53 Å². The van der Waals surface area contributed by atoms with Gasteiger partial charge in [0.15, 0.2) is 5.75 Å². The van der Waals surface area contributed by atoms with Crippen LogP contribution in [0.15, 0.2) is 12.4 Å². The molecule has 0 spiro atoms. The van der Waals surface area contributed by atoms with E-state index in [9.17, 15) is 4.79 Å². The zero-order valence-corrected chi connectivity index (χ0v) is 8.77. The molecule has 0 bridgehead atoms. The monoisotopic (exact) mass is 212 g/mol. The van der Waals surface area contributed by atoms with E-state index in [4.69, 9.17) is 10.6 Å². The van der Waals surface area contributed by atoms with Crippen molar-refractivity contribution in [2.75, 3.05) is 6.61 Å². The molecule has 15 heavy (non-hydrogen) atoms. The zero-order valence-electron chi connectivity index (χ0n) is 8.77. The molecule has 0 unspecified atom stereocenters. The fourth-order valence-corrected chi connectivity index (χ4v) is 1.12. The van der Waals surface area contributed by atoms with Gasteiger partial charge >= 0.3 is 0 Å². The number of hydrogen-bond donors (Lipinski definition) is 2. The molecule has 1 rings (SSSR count). The number of nitrogens with one attached hydrogen (secondary N) is 1. The molecule has 1 aromatic heterocycles. The lowest BCUT2D eigenvalue weighted by Crippen LogP contribution is -2.29. The summed E-state index contributed by atoms with van der Waals surface area (Å²) >= 11 is 0. The molecule has 0 saturated carbocycles. The Labute approximate surface area is 88.4 Å². The van der Waals surface area contributed by atoms with Gasteiger partial charge in [-0.05, 0) is 12.8 Å². The van der Waals surface area contributed by atoms with Gasteiger partial charge in [-0.1, -0.05) is 0 Å². The lowest BCUT2D eigenvalue weighted by Gasteiger charge is -2.02. The van der Waals surface area contributed by atoms with Gasteiger partial charge in [0, 0.05) is 13.5 Å². The predicted molar refractivity (Wildman–Crippen MR) is 54.9 cm³/mol. The summed E-state index contributed by atoms with van der Waals surface area (Å²) in [5.74, 6) is 5.55. The standard InChI is InChI=1S/C9H16N4O2/c1-13-7-8(6-11-13)15-5-3-2-4-9(14)12-10/h6-7H,2-5,10H2,1H3,(H,12,14). The van der Waals surface area contributed by atoms with Gasteiger partial charge in [-0.3, -0.25) is 14.9 Å². The fraction of sp³-hybridized carbons (Fsp3) is 0.556. The molecule has 0 aliphatic carbocycles. The number of hydrogen-bond acceptors (Lipinski definition) is 4. The lowest BCUT2D eigenvalue weighted by atomic mass is 10.2. The summed E-state index contributed by atoms with van der Waals surface area (Å²) in [5.41, 5.74) is 2.08. The summed E-state index contributed by atoms with van der Waals surface area (Å²) in [7, 11) is 1.83. The Kier molecular flexibility index (Phi) is 4.62. The minimum absolute atomic E-state index is 0.142. The Hall–Kier alpha value is -1.56. The van der Waals surface area contributed by atoms with E-state index in [2.05, 4.69) is 10.5 Å². The highest BCUT2D eigenvalue weighted by Gasteiger charge is 1.99. The van der Waals surface area contributed by atoms with Crippen LogP contribution in [0.25, 0.3) is 0 Å². The number of hydrazine groups is 1. The summed E-state index contributed by atoms with van der Waals surface area (Å²) in [6.07, 6.45) is 5.48. The zero-order chi connectivity index (χ0) is 11.1. The van der Waals surface area contributed by atoms with Crippen LogP contribution in [-0.2, 0) is 11.8 Å². The van der Waals surface area contributed by atoms with Crippen LogP contribution in [0.5, 0.6) is 5.75 Å². The average Bonchev–Trinajstić information content (AvgIpc) is 2.63. The third kappa shape index (κ3) is 4.46. The number of nitrogens with two attached hydrogens (primary N) is 1. The number of carbonyl (C=O) groups excluding carboxylic acids is 1. The molecule has 6 heteroatoms. The van der Waals surface area contributed by atoms with Gasteiger partial charge < -0.3 is 4.74 Å². The van der Waals surface area contributed by atoms with Crippen LogP contribution in [-0.4, -0.2) is 22.3 Å². The Balaban J connectivity index is 2.05. The Bertz CT molecular complexity index is 311. The topological polar surface area (TPSA) is 82.2 Å². The SMILES string of the molecule is Cn1cc(OCCCCC(=O)NN)cn1. The number of ether oxygens (including phenoxy) is 1. The Morgan fingerprint density at radius 2 is 2.47 bits per heavy atom. The van der Waals surface area contributed by atoms with Gasteiger partial charge in [0.25, 0.3) is 0 Å². The van der Waals surface area contributed by atoms with E-state index in [1.165, 1.54) is 0 Å².